The van der Waals surface area contributed by atoms with E-state index in [0.29, 0.717) is 15.2 Å². The predicted octanol–water partition coefficient (Wildman–Crippen LogP) is 4.62. The van der Waals surface area contributed by atoms with Crippen molar-refractivity contribution < 1.29 is 4.39 Å². The zero-order valence-electron chi connectivity index (χ0n) is 11.5. The van der Waals surface area contributed by atoms with Gasteiger partial charge in [0.05, 0.1) is 27.1 Å². The molecule has 0 aliphatic carbocycles. The van der Waals surface area contributed by atoms with Crippen molar-refractivity contribution in [3.8, 4) is 10.6 Å². The summed E-state index contributed by atoms with van der Waals surface area (Å²) in [6.07, 6.45) is 2.87. The molecule has 0 aliphatic heterocycles. The molecule has 114 valence electrons. The Morgan fingerprint density at radius 1 is 1.17 bits per heavy atom. The molecule has 3 heterocycles. The van der Waals surface area contributed by atoms with Crippen molar-refractivity contribution in [3.05, 3.63) is 52.9 Å². The van der Waals surface area contributed by atoms with E-state index >= 15 is 0 Å². The van der Waals surface area contributed by atoms with Crippen LogP contribution in [-0.2, 0) is 0 Å². The molecule has 0 bridgehead atoms. The van der Waals surface area contributed by atoms with Crippen molar-refractivity contribution in [2.24, 2.45) is 0 Å². The molecule has 8 heteroatoms. The number of nitrogens with zero attached hydrogens (tertiary/aromatic N) is 3. The van der Waals surface area contributed by atoms with E-state index in [1.54, 1.807) is 18.3 Å². The average Bonchev–Trinajstić information content (AvgIpc) is 3.17. The number of hydrogen-bond donors (Lipinski definition) is 2. The van der Waals surface area contributed by atoms with Crippen LogP contribution in [0.25, 0.3) is 21.5 Å². The van der Waals surface area contributed by atoms with Gasteiger partial charge >= 0.3 is 0 Å². The maximum absolute atomic E-state index is 14.0. The largest absolute Gasteiger partial charge is 0.324 e. The van der Waals surface area contributed by atoms with Gasteiger partial charge in [-0.2, -0.15) is 5.10 Å². The van der Waals surface area contributed by atoms with Crippen LogP contribution in [0.5, 0.6) is 0 Å². The molecule has 3 aromatic heterocycles. The van der Waals surface area contributed by atoms with Crippen LogP contribution in [0.3, 0.4) is 0 Å². The Bertz CT molecular complexity index is 996. The van der Waals surface area contributed by atoms with Gasteiger partial charge in [0.1, 0.15) is 5.69 Å². The lowest BCUT2D eigenvalue weighted by Crippen LogP contribution is -1.99. The van der Waals surface area contributed by atoms with Gasteiger partial charge in [-0.1, -0.05) is 11.6 Å². The fourth-order valence-corrected chi connectivity index (χ4v) is 3.23. The van der Waals surface area contributed by atoms with Crippen molar-refractivity contribution in [2.45, 2.75) is 0 Å². The number of benzene rings is 1. The maximum Gasteiger partial charge on any atom is 0.227 e. The summed E-state index contributed by atoms with van der Waals surface area (Å²) in [5.41, 5.74) is 1.95. The average molecular weight is 346 g/mol. The molecule has 23 heavy (non-hydrogen) atoms. The van der Waals surface area contributed by atoms with E-state index in [9.17, 15) is 4.39 Å². The zero-order chi connectivity index (χ0) is 15.8. The molecular weight excluding hydrogens is 337 g/mol. The van der Waals surface area contributed by atoms with Gasteiger partial charge in [-0.25, -0.2) is 14.4 Å². The summed E-state index contributed by atoms with van der Waals surface area (Å²) < 4.78 is 14.5. The predicted molar refractivity (Wildman–Crippen MR) is 89.7 cm³/mol. The highest BCUT2D eigenvalue weighted by Gasteiger charge is 2.12. The Labute approximate surface area is 139 Å². The summed E-state index contributed by atoms with van der Waals surface area (Å²) in [4.78, 5) is 8.89. The highest BCUT2D eigenvalue weighted by molar-refractivity contribution is 7.19. The third kappa shape index (κ3) is 2.76. The van der Waals surface area contributed by atoms with Gasteiger partial charge in [-0.3, -0.25) is 5.10 Å². The first-order chi connectivity index (χ1) is 11.2. The number of halogens is 2. The van der Waals surface area contributed by atoms with Gasteiger partial charge in [-0.05, 0) is 30.3 Å². The number of nitrogens with one attached hydrogen (secondary N) is 2. The molecule has 4 rings (SSSR count). The summed E-state index contributed by atoms with van der Waals surface area (Å²) in [7, 11) is 0. The van der Waals surface area contributed by atoms with E-state index in [4.69, 9.17) is 11.6 Å². The second-order valence-corrected chi connectivity index (χ2v) is 6.51. The number of fused-ring (bicyclic) bond motifs is 1. The standard InChI is InChI=1S/C15H9ClFN5S/c16-13-4-3-12(23-13)14-10(17)7-18-15(21-14)20-9-1-2-11-8(5-9)6-19-22-11/h1-7H,(H,19,22)(H,18,20,21). The van der Waals surface area contributed by atoms with Crippen LogP contribution < -0.4 is 5.32 Å². The molecule has 2 N–H and O–H groups in total. The van der Waals surface area contributed by atoms with Gasteiger partial charge < -0.3 is 5.32 Å². The number of aromatic nitrogens is 4. The molecule has 0 amide bonds. The fourth-order valence-electron chi connectivity index (χ4n) is 2.19. The Balaban J connectivity index is 1.69. The Hall–Kier alpha value is -2.51. The van der Waals surface area contributed by atoms with E-state index < -0.39 is 5.82 Å². The number of thiophene rings is 1. The third-order valence-corrected chi connectivity index (χ3v) is 4.48. The summed E-state index contributed by atoms with van der Waals surface area (Å²) in [6.45, 7) is 0. The zero-order valence-corrected chi connectivity index (χ0v) is 13.1. The minimum Gasteiger partial charge on any atom is -0.324 e. The molecule has 0 radical (unpaired) electrons. The van der Waals surface area contributed by atoms with Crippen molar-refractivity contribution in [1.82, 2.24) is 20.2 Å². The van der Waals surface area contributed by atoms with E-state index in [2.05, 4.69) is 25.5 Å². The Morgan fingerprint density at radius 2 is 2.09 bits per heavy atom. The van der Waals surface area contributed by atoms with Gasteiger partial charge in [-0.15, -0.1) is 11.3 Å². The van der Waals surface area contributed by atoms with Crippen molar-refractivity contribution in [3.63, 3.8) is 0 Å². The lowest BCUT2D eigenvalue weighted by Gasteiger charge is -2.06. The molecule has 1 aromatic carbocycles. The Kier molecular flexibility index (Phi) is 3.44. The maximum atomic E-state index is 14.0. The minimum absolute atomic E-state index is 0.226. The van der Waals surface area contributed by atoms with E-state index in [-0.39, 0.29) is 5.69 Å². The molecule has 0 atom stereocenters. The molecule has 0 spiro atoms. The number of rotatable bonds is 3. The molecule has 0 aliphatic rings. The monoisotopic (exact) mass is 345 g/mol. The second kappa shape index (κ2) is 5.60. The van der Waals surface area contributed by atoms with Crippen LogP contribution in [0.4, 0.5) is 16.0 Å². The topological polar surface area (TPSA) is 66.5 Å². The fraction of sp³-hybridized carbons (Fsp3) is 0. The molecule has 4 aromatic rings. The summed E-state index contributed by atoms with van der Waals surface area (Å²) >= 11 is 7.17. The molecule has 0 unspecified atom stereocenters. The molecule has 0 saturated carbocycles. The number of hydrogen-bond acceptors (Lipinski definition) is 5. The van der Waals surface area contributed by atoms with Crippen molar-refractivity contribution >= 4 is 45.5 Å². The van der Waals surface area contributed by atoms with Gasteiger partial charge in [0.2, 0.25) is 5.95 Å². The number of H-pyrrole nitrogens is 1. The van der Waals surface area contributed by atoms with Crippen LogP contribution in [0, 0.1) is 5.82 Å². The lowest BCUT2D eigenvalue weighted by atomic mass is 10.2. The highest BCUT2D eigenvalue weighted by Crippen LogP contribution is 2.32. The highest BCUT2D eigenvalue weighted by atomic mass is 35.5. The van der Waals surface area contributed by atoms with E-state index in [1.165, 1.54) is 11.3 Å². The van der Waals surface area contributed by atoms with Gasteiger partial charge in [0.15, 0.2) is 5.82 Å². The molecular formula is C15H9ClFN5S. The first-order valence-electron chi connectivity index (χ1n) is 6.67. The van der Waals surface area contributed by atoms with Crippen molar-refractivity contribution in [1.29, 1.82) is 0 Å². The quantitative estimate of drug-likeness (QED) is 0.568. The lowest BCUT2D eigenvalue weighted by molar-refractivity contribution is 0.619. The Morgan fingerprint density at radius 3 is 2.91 bits per heavy atom. The van der Waals surface area contributed by atoms with Crippen LogP contribution in [0.2, 0.25) is 4.34 Å². The minimum atomic E-state index is -0.487. The third-order valence-electron chi connectivity index (χ3n) is 3.25. The smallest absolute Gasteiger partial charge is 0.227 e. The second-order valence-electron chi connectivity index (χ2n) is 4.79. The molecule has 5 nitrogen and oxygen atoms in total. The van der Waals surface area contributed by atoms with Gasteiger partial charge in [0, 0.05) is 11.1 Å². The normalized spacial score (nSPS) is 11.0. The van der Waals surface area contributed by atoms with Crippen LogP contribution in [0.15, 0.2) is 42.7 Å². The van der Waals surface area contributed by atoms with E-state index in [0.717, 1.165) is 22.8 Å². The van der Waals surface area contributed by atoms with Crippen LogP contribution in [-0.4, -0.2) is 20.2 Å². The number of aromatic amines is 1. The molecule has 0 saturated heterocycles. The first kappa shape index (κ1) is 14.1. The number of anilines is 2. The summed E-state index contributed by atoms with van der Waals surface area (Å²) in [5, 5.41) is 10.9. The van der Waals surface area contributed by atoms with Gasteiger partial charge in [0.25, 0.3) is 0 Å². The van der Waals surface area contributed by atoms with Crippen LogP contribution in [0.1, 0.15) is 0 Å². The SMILES string of the molecule is Fc1cnc(Nc2ccc3[nH]ncc3c2)nc1-c1ccc(Cl)s1. The summed E-state index contributed by atoms with van der Waals surface area (Å²) in [5.74, 6) is -0.173. The summed E-state index contributed by atoms with van der Waals surface area (Å²) in [6, 6.07) is 9.12. The molecule has 0 fully saturated rings. The first-order valence-corrected chi connectivity index (χ1v) is 7.87. The van der Waals surface area contributed by atoms with E-state index in [1.807, 2.05) is 18.2 Å². The van der Waals surface area contributed by atoms with Crippen molar-refractivity contribution in [2.75, 3.05) is 5.32 Å². The van der Waals surface area contributed by atoms with Crippen LogP contribution >= 0.6 is 22.9 Å².